The van der Waals surface area contributed by atoms with E-state index in [0.717, 1.165) is 16.5 Å². The Morgan fingerprint density at radius 2 is 1.67 bits per heavy atom. The second-order valence-corrected chi connectivity index (χ2v) is 7.64. The van der Waals surface area contributed by atoms with Gasteiger partial charge in [-0.05, 0) is 11.5 Å². The van der Waals surface area contributed by atoms with E-state index in [-0.39, 0.29) is 36.0 Å². The summed E-state index contributed by atoms with van der Waals surface area (Å²) in [6.07, 6.45) is 0.0654. The van der Waals surface area contributed by atoms with Crippen molar-refractivity contribution in [1.29, 1.82) is 0 Å². The van der Waals surface area contributed by atoms with E-state index < -0.39 is 11.9 Å². The minimum atomic E-state index is -0.633. The summed E-state index contributed by atoms with van der Waals surface area (Å²) in [6.45, 7) is 0.236. The highest BCUT2D eigenvalue weighted by atomic mass is 16.5. The number of fused-ring (bicyclic) bond motifs is 1. The van der Waals surface area contributed by atoms with Gasteiger partial charge in [-0.2, -0.15) is 0 Å². The van der Waals surface area contributed by atoms with Crippen LogP contribution in [0.3, 0.4) is 0 Å². The van der Waals surface area contributed by atoms with E-state index in [1.165, 1.54) is 33.5 Å². The SMILES string of the molecule is COC(=O)c1cc(OC)c(OC)cc1NC(=O)[C@@H]1CC(=O)N(c2cccc3ccccc23)C1. The first-order valence-electron chi connectivity index (χ1n) is 10.4. The fourth-order valence-corrected chi connectivity index (χ4v) is 4.06. The first kappa shape index (κ1) is 22.1. The lowest BCUT2D eigenvalue weighted by Crippen LogP contribution is -2.28. The first-order valence-corrected chi connectivity index (χ1v) is 10.4. The Bertz CT molecular complexity index is 1230. The highest BCUT2D eigenvalue weighted by Gasteiger charge is 2.36. The molecule has 0 saturated carbocycles. The Kier molecular flexibility index (Phi) is 6.17. The van der Waals surface area contributed by atoms with E-state index in [1.807, 2.05) is 42.5 Å². The van der Waals surface area contributed by atoms with Gasteiger partial charge in [-0.1, -0.05) is 36.4 Å². The Balaban J connectivity index is 1.60. The molecule has 8 nitrogen and oxygen atoms in total. The minimum Gasteiger partial charge on any atom is -0.493 e. The minimum absolute atomic E-state index is 0.0654. The lowest BCUT2D eigenvalue weighted by molar-refractivity contribution is -0.122. The molecule has 1 atom stereocenters. The van der Waals surface area contributed by atoms with Gasteiger partial charge in [-0.25, -0.2) is 4.79 Å². The predicted octanol–water partition coefficient (Wildman–Crippen LogP) is 3.64. The third-order valence-electron chi connectivity index (χ3n) is 5.74. The molecular formula is C25H24N2O6. The summed E-state index contributed by atoms with van der Waals surface area (Å²) >= 11 is 0. The van der Waals surface area contributed by atoms with Gasteiger partial charge < -0.3 is 24.4 Å². The molecule has 3 aromatic rings. The molecule has 1 saturated heterocycles. The van der Waals surface area contributed by atoms with E-state index in [0.29, 0.717) is 11.5 Å². The van der Waals surface area contributed by atoms with Crippen molar-refractivity contribution >= 4 is 39.9 Å². The molecule has 3 aromatic carbocycles. The third kappa shape index (κ3) is 4.19. The summed E-state index contributed by atoms with van der Waals surface area (Å²) in [5.74, 6) is -1.05. The van der Waals surface area contributed by atoms with Gasteiger partial charge in [0.15, 0.2) is 11.5 Å². The Hall–Kier alpha value is -4.07. The fraction of sp³-hybridized carbons (Fsp3) is 0.240. The molecule has 1 fully saturated rings. The molecule has 33 heavy (non-hydrogen) atoms. The summed E-state index contributed by atoms with van der Waals surface area (Å²) in [7, 11) is 4.16. The predicted molar refractivity (Wildman–Crippen MR) is 124 cm³/mol. The number of carbonyl (C=O) groups excluding carboxylic acids is 3. The van der Waals surface area contributed by atoms with E-state index >= 15 is 0 Å². The Morgan fingerprint density at radius 3 is 2.39 bits per heavy atom. The van der Waals surface area contributed by atoms with Gasteiger partial charge in [0, 0.05) is 30.5 Å². The number of anilines is 2. The van der Waals surface area contributed by atoms with Crippen molar-refractivity contribution in [1.82, 2.24) is 0 Å². The number of rotatable bonds is 6. The van der Waals surface area contributed by atoms with Crippen molar-refractivity contribution in [2.45, 2.75) is 6.42 Å². The van der Waals surface area contributed by atoms with Crippen LogP contribution in [0.4, 0.5) is 11.4 Å². The van der Waals surface area contributed by atoms with Gasteiger partial charge in [0.25, 0.3) is 0 Å². The van der Waals surface area contributed by atoms with Crippen molar-refractivity contribution in [3.05, 3.63) is 60.2 Å². The van der Waals surface area contributed by atoms with Gasteiger partial charge in [0.1, 0.15) is 0 Å². The molecule has 170 valence electrons. The molecule has 1 aliphatic heterocycles. The van der Waals surface area contributed by atoms with Crippen molar-refractivity contribution in [2.24, 2.45) is 5.92 Å². The molecule has 1 N–H and O–H groups in total. The van der Waals surface area contributed by atoms with Crippen LogP contribution in [0, 0.1) is 5.92 Å². The maximum atomic E-state index is 13.1. The normalized spacial score (nSPS) is 15.4. The molecule has 4 rings (SSSR count). The van der Waals surface area contributed by atoms with Crippen LogP contribution in [0.2, 0.25) is 0 Å². The second kappa shape index (κ2) is 9.20. The van der Waals surface area contributed by atoms with Gasteiger partial charge in [-0.15, -0.1) is 0 Å². The van der Waals surface area contributed by atoms with Crippen LogP contribution in [-0.4, -0.2) is 45.7 Å². The number of hydrogen-bond donors (Lipinski definition) is 1. The van der Waals surface area contributed by atoms with Crippen LogP contribution in [0.5, 0.6) is 11.5 Å². The van der Waals surface area contributed by atoms with Crippen LogP contribution in [0.1, 0.15) is 16.8 Å². The van der Waals surface area contributed by atoms with Gasteiger partial charge in [0.2, 0.25) is 11.8 Å². The van der Waals surface area contributed by atoms with Crippen LogP contribution in [-0.2, 0) is 14.3 Å². The van der Waals surface area contributed by atoms with Crippen LogP contribution >= 0.6 is 0 Å². The molecule has 0 spiro atoms. The number of ether oxygens (including phenoxy) is 3. The van der Waals surface area contributed by atoms with Crippen LogP contribution in [0.25, 0.3) is 10.8 Å². The number of hydrogen-bond acceptors (Lipinski definition) is 6. The first-order chi connectivity index (χ1) is 16.0. The Labute approximate surface area is 191 Å². The number of nitrogens with zero attached hydrogens (tertiary/aromatic N) is 1. The molecule has 0 unspecified atom stereocenters. The summed E-state index contributed by atoms with van der Waals surface area (Å²) in [5, 5.41) is 4.73. The zero-order chi connectivity index (χ0) is 23.5. The Morgan fingerprint density at radius 1 is 0.970 bits per heavy atom. The summed E-state index contributed by atoms with van der Waals surface area (Å²) in [4.78, 5) is 39.9. The molecule has 8 heteroatoms. The number of amides is 2. The zero-order valence-corrected chi connectivity index (χ0v) is 18.6. The molecule has 1 heterocycles. The number of esters is 1. The summed E-state index contributed by atoms with van der Waals surface area (Å²) < 4.78 is 15.4. The molecule has 0 aliphatic carbocycles. The van der Waals surface area contributed by atoms with E-state index in [1.54, 1.807) is 4.90 Å². The van der Waals surface area contributed by atoms with Gasteiger partial charge in [-0.3, -0.25) is 9.59 Å². The van der Waals surface area contributed by atoms with Crippen molar-refractivity contribution in [3.63, 3.8) is 0 Å². The highest BCUT2D eigenvalue weighted by molar-refractivity contribution is 6.09. The maximum Gasteiger partial charge on any atom is 0.340 e. The fourth-order valence-electron chi connectivity index (χ4n) is 4.06. The molecule has 0 aromatic heterocycles. The molecule has 0 radical (unpaired) electrons. The quantitative estimate of drug-likeness (QED) is 0.579. The van der Waals surface area contributed by atoms with Crippen molar-refractivity contribution < 1.29 is 28.6 Å². The standard InChI is InChI=1S/C25H24N2O6/c1-31-21-12-18(25(30)33-3)19(13-22(21)32-2)26-24(29)16-11-23(28)27(14-16)20-10-6-8-15-7-4-5-9-17(15)20/h4-10,12-13,16H,11,14H2,1-3H3,(H,26,29)/t16-/m1/s1. The lowest BCUT2D eigenvalue weighted by Gasteiger charge is -2.19. The molecule has 1 aliphatic rings. The number of nitrogens with one attached hydrogen (secondary N) is 1. The topological polar surface area (TPSA) is 94.2 Å². The summed E-state index contributed by atoms with van der Waals surface area (Å²) in [5.41, 5.74) is 1.12. The van der Waals surface area contributed by atoms with E-state index in [9.17, 15) is 14.4 Å². The largest absolute Gasteiger partial charge is 0.493 e. The highest BCUT2D eigenvalue weighted by Crippen LogP contribution is 2.35. The number of benzene rings is 3. The van der Waals surface area contributed by atoms with Crippen LogP contribution < -0.4 is 19.7 Å². The van der Waals surface area contributed by atoms with E-state index in [2.05, 4.69) is 5.32 Å². The molecule has 0 bridgehead atoms. The average molecular weight is 448 g/mol. The smallest absolute Gasteiger partial charge is 0.340 e. The summed E-state index contributed by atoms with van der Waals surface area (Å²) in [6, 6.07) is 16.5. The average Bonchev–Trinajstić information content (AvgIpc) is 3.24. The monoisotopic (exact) mass is 448 g/mol. The zero-order valence-electron chi connectivity index (χ0n) is 18.6. The van der Waals surface area contributed by atoms with Crippen molar-refractivity contribution in [3.8, 4) is 11.5 Å². The van der Waals surface area contributed by atoms with E-state index in [4.69, 9.17) is 14.2 Å². The number of methoxy groups -OCH3 is 3. The van der Waals surface area contributed by atoms with Crippen LogP contribution in [0.15, 0.2) is 54.6 Å². The second-order valence-electron chi connectivity index (χ2n) is 7.64. The molecular weight excluding hydrogens is 424 g/mol. The maximum absolute atomic E-state index is 13.1. The molecule has 2 amide bonds. The van der Waals surface area contributed by atoms with Crippen molar-refractivity contribution in [2.75, 3.05) is 38.1 Å². The lowest BCUT2D eigenvalue weighted by atomic mass is 10.1. The third-order valence-corrected chi connectivity index (χ3v) is 5.74. The van der Waals surface area contributed by atoms with Gasteiger partial charge in [0.05, 0.1) is 44.2 Å². The number of carbonyl (C=O) groups is 3. The van der Waals surface area contributed by atoms with Gasteiger partial charge >= 0.3 is 5.97 Å².